The Morgan fingerprint density at radius 1 is 1.56 bits per heavy atom. The standard InChI is InChI=1S/C6H12O3/c1-2-8-6-5-7-3-4-9-6/h6H,2-5H2,1H3. The van der Waals surface area contributed by atoms with Gasteiger partial charge in [-0.25, -0.2) is 0 Å². The van der Waals surface area contributed by atoms with Crippen LogP contribution < -0.4 is 0 Å². The molecule has 0 amide bonds. The summed E-state index contributed by atoms with van der Waals surface area (Å²) >= 11 is 0. The second kappa shape index (κ2) is 3.82. The summed E-state index contributed by atoms with van der Waals surface area (Å²) in [6.07, 6.45) is -0.122. The topological polar surface area (TPSA) is 27.7 Å². The second-order valence-electron chi connectivity index (χ2n) is 1.83. The first kappa shape index (κ1) is 6.99. The van der Waals surface area contributed by atoms with Crippen LogP contribution in [0, 0.1) is 0 Å². The van der Waals surface area contributed by atoms with E-state index in [1.165, 1.54) is 0 Å². The van der Waals surface area contributed by atoms with Crippen LogP contribution in [0.15, 0.2) is 0 Å². The highest BCUT2D eigenvalue weighted by Crippen LogP contribution is 2.00. The Hall–Kier alpha value is -0.120. The minimum Gasteiger partial charge on any atom is -0.374 e. The Kier molecular flexibility index (Phi) is 2.97. The highest BCUT2D eigenvalue weighted by Gasteiger charge is 2.12. The average Bonchev–Trinajstić information content (AvgIpc) is 1.91. The first-order valence-corrected chi connectivity index (χ1v) is 3.24. The van der Waals surface area contributed by atoms with Crippen LogP contribution in [0.5, 0.6) is 0 Å². The van der Waals surface area contributed by atoms with E-state index in [0.717, 1.165) is 0 Å². The molecule has 3 heteroatoms. The van der Waals surface area contributed by atoms with Crippen LogP contribution in [0.4, 0.5) is 0 Å². The van der Waals surface area contributed by atoms with Crippen molar-refractivity contribution in [3.05, 3.63) is 0 Å². The van der Waals surface area contributed by atoms with Crippen LogP contribution >= 0.6 is 0 Å². The van der Waals surface area contributed by atoms with Crippen molar-refractivity contribution in [2.75, 3.05) is 26.4 Å². The molecule has 0 aromatic rings. The van der Waals surface area contributed by atoms with Gasteiger partial charge in [-0.15, -0.1) is 0 Å². The molecule has 1 aliphatic rings. The monoisotopic (exact) mass is 132 g/mol. The van der Waals surface area contributed by atoms with E-state index in [9.17, 15) is 0 Å². The first-order valence-electron chi connectivity index (χ1n) is 3.24. The zero-order chi connectivity index (χ0) is 6.53. The fraction of sp³-hybridized carbons (Fsp3) is 1.00. The minimum atomic E-state index is -0.122. The first-order chi connectivity index (χ1) is 4.43. The van der Waals surface area contributed by atoms with Gasteiger partial charge in [-0.2, -0.15) is 0 Å². The molecule has 9 heavy (non-hydrogen) atoms. The van der Waals surface area contributed by atoms with Gasteiger partial charge in [0.05, 0.1) is 19.8 Å². The lowest BCUT2D eigenvalue weighted by Crippen LogP contribution is -2.30. The van der Waals surface area contributed by atoms with Gasteiger partial charge in [0.25, 0.3) is 0 Å². The summed E-state index contributed by atoms with van der Waals surface area (Å²) in [6, 6.07) is 0. The van der Waals surface area contributed by atoms with Crippen LogP contribution in [0.2, 0.25) is 0 Å². The maximum atomic E-state index is 5.17. The molecule has 0 saturated carbocycles. The molecule has 1 rings (SSSR count). The molecule has 0 aromatic carbocycles. The molecular formula is C6H12O3. The minimum absolute atomic E-state index is 0.122. The van der Waals surface area contributed by atoms with Crippen molar-refractivity contribution in [1.82, 2.24) is 0 Å². The van der Waals surface area contributed by atoms with E-state index in [-0.39, 0.29) is 6.29 Å². The number of ether oxygens (including phenoxy) is 3. The largest absolute Gasteiger partial charge is 0.374 e. The maximum absolute atomic E-state index is 5.17. The maximum Gasteiger partial charge on any atom is 0.180 e. The molecule has 0 bridgehead atoms. The van der Waals surface area contributed by atoms with E-state index in [1.807, 2.05) is 6.92 Å². The SMILES string of the molecule is CCOC1COCCO1. The smallest absolute Gasteiger partial charge is 0.180 e. The van der Waals surface area contributed by atoms with Gasteiger partial charge in [-0.05, 0) is 6.92 Å². The third kappa shape index (κ3) is 2.30. The molecule has 1 unspecified atom stereocenters. The van der Waals surface area contributed by atoms with Crippen LogP contribution in [0.3, 0.4) is 0 Å². The molecule has 1 saturated heterocycles. The van der Waals surface area contributed by atoms with E-state index < -0.39 is 0 Å². The van der Waals surface area contributed by atoms with Crippen molar-refractivity contribution in [3.8, 4) is 0 Å². The van der Waals surface area contributed by atoms with Crippen molar-refractivity contribution in [3.63, 3.8) is 0 Å². The molecule has 0 aromatic heterocycles. The molecule has 1 atom stereocenters. The Labute approximate surface area is 54.9 Å². The lowest BCUT2D eigenvalue weighted by molar-refractivity contribution is -0.209. The number of hydrogen-bond donors (Lipinski definition) is 0. The number of rotatable bonds is 2. The van der Waals surface area contributed by atoms with Gasteiger partial charge in [0.2, 0.25) is 0 Å². The summed E-state index contributed by atoms with van der Waals surface area (Å²) in [5, 5.41) is 0. The van der Waals surface area contributed by atoms with Crippen molar-refractivity contribution >= 4 is 0 Å². The zero-order valence-corrected chi connectivity index (χ0v) is 5.63. The fourth-order valence-corrected chi connectivity index (χ4v) is 0.748. The quantitative estimate of drug-likeness (QED) is 0.544. The molecule has 0 N–H and O–H groups in total. The van der Waals surface area contributed by atoms with E-state index in [2.05, 4.69) is 0 Å². The van der Waals surface area contributed by atoms with Crippen molar-refractivity contribution in [2.24, 2.45) is 0 Å². The Balaban J connectivity index is 2.08. The third-order valence-electron chi connectivity index (χ3n) is 1.14. The van der Waals surface area contributed by atoms with Gasteiger partial charge in [0, 0.05) is 6.61 Å². The summed E-state index contributed by atoms with van der Waals surface area (Å²) in [5.41, 5.74) is 0. The third-order valence-corrected chi connectivity index (χ3v) is 1.14. The lowest BCUT2D eigenvalue weighted by Gasteiger charge is -2.22. The Morgan fingerprint density at radius 3 is 3.00 bits per heavy atom. The van der Waals surface area contributed by atoms with Gasteiger partial charge in [0.15, 0.2) is 6.29 Å². The summed E-state index contributed by atoms with van der Waals surface area (Å²) in [4.78, 5) is 0. The predicted molar refractivity (Wildman–Crippen MR) is 32.2 cm³/mol. The summed E-state index contributed by atoms with van der Waals surface area (Å²) in [6.45, 7) is 4.56. The van der Waals surface area contributed by atoms with Crippen molar-refractivity contribution in [2.45, 2.75) is 13.2 Å². The summed E-state index contributed by atoms with van der Waals surface area (Å²) in [7, 11) is 0. The van der Waals surface area contributed by atoms with Crippen molar-refractivity contribution in [1.29, 1.82) is 0 Å². The van der Waals surface area contributed by atoms with Gasteiger partial charge >= 0.3 is 0 Å². The molecule has 3 nitrogen and oxygen atoms in total. The summed E-state index contributed by atoms with van der Waals surface area (Å²) in [5.74, 6) is 0. The average molecular weight is 132 g/mol. The molecule has 0 radical (unpaired) electrons. The molecule has 54 valence electrons. The molecule has 1 aliphatic heterocycles. The lowest BCUT2D eigenvalue weighted by atomic mass is 10.6. The van der Waals surface area contributed by atoms with Crippen molar-refractivity contribution < 1.29 is 14.2 Å². The highest BCUT2D eigenvalue weighted by atomic mass is 16.7. The van der Waals surface area contributed by atoms with E-state index in [1.54, 1.807) is 0 Å². The molecule has 0 aliphatic carbocycles. The zero-order valence-electron chi connectivity index (χ0n) is 5.63. The van der Waals surface area contributed by atoms with Crippen LogP contribution in [0.25, 0.3) is 0 Å². The van der Waals surface area contributed by atoms with E-state index in [0.29, 0.717) is 26.4 Å². The van der Waals surface area contributed by atoms with Crippen LogP contribution in [-0.2, 0) is 14.2 Å². The van der Waals surface area contributed by atoms with E-state index >= 15 is 0 Å². The van der Waals surface area contributed by atoms with Crippen LogP contribution in [0.1, 0.15) is 6.92 Å². The van der Waals surface area contributed by atoms with Crippen LogP contribution in [-0.4, -0.2) is 32.7 Å². The van der Waals surface area contributed by atoms with Gasteiger partial charge < -0.3 is 14.2 Å². The molecule has 1 fully saturated rings. The molecule has 0 spiro atoms. The number of hydrogen-bond acceptors (Lipinski definition) is 3. The Bertz CT molecular complexity index is 65.9. The predicted octanol–water partition coefficient (Wildman–Crippen LogP) is 0.396. The Morgan fingerprint density at radius 2 is 2.44 bits per heavy atom. The van der Waals surface area contributed by atoms with Gasteiger partial charge in [-0.1, -0.05) is 0 Å². The second-order valence-corrected chi connectivity index (χ2v) is 1.83. The van der Waals surface area contributed by atoms with Gasteiger partial charge in [-0.3, -0.25) is 0 Å². The van der Waals surface area contributed by atoms with E-state index in [4.69, 9.17) is 14.2 Å². The molecular weight excluding hydrogens is 120 g/mol. The molecule has 1 heterocycles. The van der Waals surface area contributed by atoms with Gasteiger partial charge in [0.1, 0.15) is 0 Å². The summed E-state index contributed by atoms with van der Waals surface area (Å²) < 4.78 is 15.4. The fourth-order valence-electron chi connectivity index (χ4n) is 0.748. The highest BCUT2D eigenvalue weighted by molar-refractivity contribution is 4.47. The normalized spacial score (nSPS) is 28.3.